The first kappa shape index (κ1) is 11.4. The summed E-state index contributed by atoms with van der Waals surface area (Å²) in [4.78, 5) is 0. The van der Waals surface area contributed by atoms with E-state index in [0.29, 0.717) is 0 Å². The molecule has 0 heterocycles. The summed E-state index contributed by atoms with van der Waals surface area (Å²) in [6.45, 7) is 4.77. The van der Waals surface area contributed by atoms with Crippen LogP contribution in [-0.2, 0) is 0 Å². The molecule has 0 bridgehead atoms. The first-order valence-corrected chi connectivity index (χ1v) is 7.08. The molecule has 0 aromatic carbocycles. The summed E-state index contributed by atoms with van der Waals surface area (Å²) < 4.78 is 0. The minimum Gasteiger partial charge on any atom is -0.316 e. The molecule has 1 nitrogen and oxygen atoms in total. The largest absolute Gasteiger partial charge is 0.316 e. The highest BCUT2D eigenvalue weighted by molar-refractivity contribution is 5.02. The third-order valence-electron chi connectivity index (χ3n) is 4.53. The maximum absolute atomic E-state index is 3.60. The monoisotopic (exact) mass is 209 g/mol. The van der Waals surface area contributed by atoms with Gasteiger partial charge >= 0.3 is 0 Å². The van der Waals surface area contributed by atoms with Crippen LogP contribution in [0.4, 0.5) is 0 Å². The first-order chi connectivity index (χ1) is 7.37. The zero-order valence-corrected chi connectivity index (χ0v) is 10.4. The third-order valence-corrected chi connectivity index (χ3v) is 4.53. The molecule has 15 heavy (non-hydrogen) atoms. The van der Waals surface area contributed by atoms with E-state index in [0.717, 1.165) is 11.3 Å². The van der Waals surface area contributed by atoms with Gasteiger partial charge in [0.25, 0.3) is 0 Å². The molecule has 2 fully saturated rings. The molecule has 1 atom stereocenters. The Balaban J connectivity index is 1.71. The summed E-state index contributed by atoms with van der Waals surface area (Å²) in [6, 6.07) is 0. The van der Waals surface area contributed by atoms with E-state index in [1.165, 1.54) is 70.9 Å². The van der Waals surface area contributed by atoms with Gasteiger partial charge in [-0.3, -0.25) is 0 Å². The molecule has 2 saturated carbocycles. The fraction of sp³-hybridized carbons (Fsp3) is 1.00. The first-order valence-electron chi connectivity index (χ1n) is 7.08. The predicted octanol–water partition coefficient (Wildman–Crippen LogP) is 3.74. The predicted molar refractivity (Wildman–Crippen MR) is 66.0 cm³/mol. The van der Waals surface area contributed by atoms with Crippen LogP contribution in [0.3, 0.4) is 0 Å². The second kappa shape index (κ2) is 5.34. The van der Waals surface area contributed by atoms with Crippen molar-refractivity contribution in [1.29, 1.82) is 0 Å². The van der Waals surface area contributed by atoms with E-state index in [-0.39, 0.29) is 0 Å². The van der Waals surface area contributed by atoms with E-state index < -0.39 is 0 Å². The Hall–Kier alpha value is -0.0400. The Morgan fingerprint density at radius 1 is 1.07 bits per heavy atom. The van der Waals surface area contributed by atoms with Crippen LogP contribution >= 0.6 is 0 Å². The van der Waals surface area contributed by atoms with Gasteiger partial charge in [0.2, 0.25) is 0 Å². The van der Waals surface area contributed by atoms with Gasteiger partial charge in [-0.05, 0) is 50.1 Å². The van der Waals surface area contributed by atoms with Gasteiger partial charge in [0.1, 0.15) is 0 Å². The number of rotatable bonds is 4. The van der Waals surface area contributed by atoms with Crippen LogP contribution in [0.5, 0.6) is 0 Å². The summed E-state index contributed by atoms with van der Waals surface area (Å²) in [5, 5.41) is 3.60. The minimum atomic E-state index is 0.807. The molecule has 2 rings (SSSR count). The van der Waals surface area contributed by atoms with Crippen molar-refractivity contribution in [1.82, 2.24) is 5.32 Å². The molecular formula is C14H27N. The van der Waals surface area contributed by atoms with E-state index in [9.17, 15) is 0 Å². The Kier molecular flexibility index (Phi) is 4.07. The van der Waals surface area contributed by atoms with Crippen LogP contribution in [0.1, 0.15) is 64.7 Å². The number of nitrogens with one attached hydrogen (secondary N) is 1. The lowest BCUT2D eigenvalue weighted by Crippen LogP contribution is -2.21. The average Bonchev–Trinajstić information content (AvgIpc) is 2.88. The molecule has 1 spiro atoms. The molecule has 0 amide bonds. The molecular weight excluding hydrogens is 182 g/mol. The molecule has 0 aromatic rings. The van der Waals surface area contributed by atoms with Gasteiger partial charge in [-0.2, -0.15) is 0 Å². The topological polar surface area (TPSA) is 12.0 Å². The fourth-order valence-electron chi connectivity index (χ4n) is 3.40. The van der Waals surface area contributed by atoms with Crippen LogP contribution in [0.25, 0.3) is 0 Å². The van der Waals surface area contributed by atoms with Crippen molar-refractivity contribution in [3.8, 4) is 0 Å². The second-order valence-corrected chi connectivity index (χ2v) is 5.74. The van der Waals surface area contributed by atoms with Crippen LogP contribution in [-0.4, -0.2) is 13.1 Å². The van der Waals surface area contributed by atoms with Crippen LogP contribution in [0.2, 0.25) is 0 Å². The molecule has 0 aromatic heterocycles. The van der Waals surface area contributed by atoms with Crippen molar-refractivity contribution in [2.24, 2.45) is 11.3 Å². The van der Waals surface area contributed by atoms with Gasteiger partial charge in [0.15, 0.2) is 0 Å². The van der Waals surface area contributed by atoms with E-state index >= 15 is 0 Å². The molecule has 0 aliphatic heterocycles. The standard InChI is InChI=1S/C14H27N/c1-2-10-15-12-13-11-14(13)8-6-4-3-5-7-9-14/h13,15H,2-12H2,1H3. The second-order valence-electron chi connectivity index (χ2n) is 5.74. The SMILES string of the molecule is CCCNCC1CC12CCCCCCC2. The smallest absolute Gasteiger partial charge is 0.00150 e. The van der Waals surface area contributed by atoms with E-state index in [2.05, 4.69) is 12.2 Å². The molecule has 1 heteroatoms. The number of hydrogen-bond donors (Lipinski definition) is 1. The van der Waals surface area contributed by atoms with Gasteiger partial charge in [-0.1, -0.05) is 39.0 Å². The zero-order valence-electron chi connectivity index (χ0n) is 10.4. The normalized spacial score (nSPS) is 29.8. The Bertz CT molecular complexity index is 178. The van der Waals surface area contributed by atoms with Crippen molar-refractivity contribution in [3.63, 3.8) is 0 Å². The van der Waals surface area contributed by atoms with E-state index in [4.69, 9.17) is 0 Å². The van der Waals surface area contributed by atoms with Gasteiger partial charge in [-0.25, -0.2) is 0 Å². The Morgan fingerprint density at radius 2 is 1.73 bits per heavy atom. The third kappa shape index (κ3) is 2.96. The highest BCUT2D eigenvalue weighted by atomic mass is 14.9. The van der Waals surface area contributed by atoms with Gasteiger partial charge < -0.3 is 5.32 Å². The highest BCUT2D eigenvalue weighted by Crippen LogP contribution is 2.59. The lowest BCUT2D eigenvalue weighted by Gasteiger charge is -2.20. The molecule has 88 valence electrons. The van der Waals surface area contributed by atoms with Gasteiger partial charge in [0.05, 0.1) is 0 Å². The average molecular weight is 209 g/mol. The quantitative estimate of drug-likeness (QED) is 0.696. The van der Waals surface area contributed by atoms with Crippen molar-refractivity contribution in [2.45, 2.75) is 64.7 Å². The van der Waals surface area contributed by atoms with Crippen molar-refractivity contribution in [3.05, 3.63) is 0 Å². The van der Waals surface area contributed by atoms with E-state index in [1.54, 1.807) is 0 Å². The summed E-state index contributed by atoms with van der Waals surface area (Å²) in [5.74, 6) is 1.03. The summed E-state index contributed by atoms with van der Waals surface area (Å²) in [5.41, 5.74) is 0.807. The highest BCUT2D eigenvalue weighted by Gasteiger charge is 2.51. The maximum atomic E-state index is 3.60. The molecule has 1 unspecified atom stereocenters. The van der Waals surface area contributed by atoms with Gasteiger partial charge in [-0.15, -0.1) is 0 Å². The van der Waals surface area contributed by atoms with Crippen LogP contribution < -0.4 is 5.32 Å². The Labute approximate surface area is 95.0 Å². The summed E-state index contributed by atoms with van der Waals surface area (Å²) in [7, 11) is 0. The van der Waals surface area contributed by atoms with Gasteiger partial charge in [0, 0.05) is 0 Å². The van der Waals surface area contributed by atoms with Crippen molar-refractivity contribution >= 4 is 0 Å². The summed E-state index contributed by atoms with van der Waals surface area (Å²) >= 11 is 0. The molecule has 2 aliphatic carbocycles. The molecule has 1 N–H and O–H groups in total. The minimum absolute atomic E-state index is 0.807. The van der Waals surface area contributed by atoms with E-state index in [1.807, 2.05) is 0 Å². The Morgan fingerprint density at radius 3 is 2.40 bits per heavy atom. The van der Waals surface area contributed by atoms with Crippen LogP contribution in [0, 0.1) is 11.3 Å². The number of hydrogen-bond acceptors (Lipinski definition) is 1. The van der Waals surface area contributed by atoms with Crippen LogP contribution in [0.15, 0.2) is 0 Å². The molecule has 0 saturated heterocycles. The molecule has 0 radical (unpaired) electrons. The lowest BCUT2D eigenvalue weighted by molar-refractivity contribution is 0.325. The lowest BCUT2D eigenvalue weighted by atomic mass is 9.86. The fourth-order valence-corrected chi connectivity index (χ4v) is 3.40. The van der Waals surface area contributed by atoms with Crippen molar-refractivity contribution in [2.75, 3.05) is 13.1 Å². The maximum Gasteiger partial charge on any atom is -0.00150 e. The van der Waals surface area contributed by atoms with Crippen molar-refractivity contribution < 1.29 is 0 Å². The summed E-state index contributed by atoms with van der Waals surface area (Å²) in [6.07, 6.45) is 13.4. The molecule has 2 aliphatic rings. The zero-order chi connectivity index (χ0) is 10.6.